The smallest absolute Gasteiger partial charge is 0.250 e. The van der Waals surface area contributed by atoms with Gasteiger partial charge in [-0.2, -0.15) is 0 Å². The Bertz CT molecular complexity index is 1020. The number of ether oxygens (including phenoxy) is 1. The lowest BCUT2D eigenvalue weighted by Crippen LogP contribution is -2.43. The summed E-state index contributed by atoms with van der Waals surface area (Å²) in [7, 11) is -1.85. The number of benzene rings is 2. The van der Waals surface area contributed by atoms with E-state index in [0.717, 1.165) is 39.4 Å². The topological polar surface area (TPSA) is 51.8 Å². The van der Waals surface area contributed by atoms with Gasteiger partial charge in [0.15, 0.2) is 0 Å². The molecule has 0 bridgehead atoms. The lowest BCUT2D eigenvalue weighted by molar-refractivity contribution is -0.0229. The molecule has 1 atom stereocenters. The van der Waals surface area contributed by atoms with Crippen molar-refractivity contribution >= 4 is 19.3 Å². The summed E-state index contributed by atoms with van der Waals surface area (Å²) in [6.07, 6.45) is 0.473. The highest BCUT2D eigenvalue weighted by molar-refractivity contribution is 6.74. The maximum atomic E-state index is 10.3. The van der Waals surface area contributed by atoms with Crippen LogP contribution in [0.15, 0.2) is 46.9 Å². The van der Waals surface area contributed by atoms with Crippen molar-refractivity contribution in [3.05, 3.63) is 48.0 Å². The summed E-state index contributed by atoms with van der Waals surface area (Å²) in [5.74, 6) is 2.53. The molecule has 4 nitrogen and oxygen atoms in total. The van der Waals surface area contributed by atoms with Crippen LogP contribution in [0.1, 0.15) is 40.2 Å². The molecule has 1 unspecified atom stereocenters. The highest BCUT2D eigenvalue weighted by Gasteiger charge is 2.39. The van der Waals surface area contributed by atoms with Gasteiger partial charge in [0.2, 0.25) is 8.32 Å². The van der Waals surface area contributed by atoms with Gasteiger partial charge in [-0.25, -0.2) is 0 Å². The molecule has 1 N–H and O–H groups in total. The third-order valence-electron chi connectivity index (χ3n) is 6.48. The van der Waals surface area contributed by atoms with E-state index in [9.17, 15) is 5.11 Å². The molecule has 3 aromatic rings. The van der Waals surface area contributed by atoms with Crippen LogP contribution in [0.5, 0.6) is 11.5 Å². The molecule has 1 aliphatic heterocycles. The molecule has 0 aliphatic carbocycles. The molecule has 0 saturated heterocycles. The average Bonchev–Trinajstić information content (AvgIpc) is 3.21. The first-order valence-electron chi connectivity index (χ1n) is 10.6. The number of fused-ring (bicyclic) bond motifs is 2. The average molecular weight is 425 g/mol. The second-order valence-electron chi connectivity index (χ2n) is 10.5. The van der Waals surface area contributed by atoms with E-state index in [1.54, 1.807) is 13.8 Å². The van der Waals surface area contributed by atoms with Gasteiger partial charge in [0, 0.05) is 23.4 Å². The molecule has 160 valence electrons. The molecule has 2 aromatic carbocycles. The summed E-state index contributed by atoms with van der Waals surface area (Å²) in [6.45, 7) is 14.8. The van der Waals surface area contributed by atoms with E-state index in [2.05, 4.69) is 58.1 Å². The fourth-order valence-electron chi connectivity index (χ4n) is 3.45. The highest BCUT2D eigenvalue weighted by atomic mass is 28.4. The van der Waals surface area contributed by atoms with Crippen LogP contribution in [0.25, 0.3) is 22.3 Å². The van der Waals surface area contributed by atoms with Crippen molar-refractivity contribution in [3.63, 3.8) is 0 Å². The van der Waals surface area contributed by atoms with E-state index in [4.69, 9.17) is 13.6 Å². The monoisotopic (exact) mass is 424 g/mol. The highest BCUT2D eigenvalue weighted by Crippen LogP contribution is 2.40. The zero-order valence-corrected chi connectivity index (χ0v) is 20.0. The van der Waals surface area contributed by atoms with Gasteiger partial charge in [0.25, 0.3) is 0 Å². The lowest BCUT2D eigenvalue weighted by Gasteiger charge is -2.36. The molecule has 0 fully saturated rings. The van der Waals surface area contributed by atoms with Gasteiger partial charge in [0.1, 0.15) is 28.9 Å². The van der Waals surface area contributed by atoms with Crippen LogP contribution >= 0.6 is 0 Å². The fourth-order valence-corrected chi connectivity index (χ4v) is 4.48. The van der Waals surface area contributed by atoms with Crippen LogP contribution in [0.2, 0.25) is 18.1 Å². The third kappa shape index (κ3) is 3.88. The number of hydrogen-bond acceptors (Lipinski definition) is 4. The van der Waals surface area contributed by atoms with Crippen molar-refractivity contribution < 1.29 is 18.7 Å². The summed E-state index contributed by atoms with van der Waals surface area (Å²) in [4.78, 5) is 0. The van der Waals surface area contributed by atoms with Crippen molar-refractivity contribution in [1.82, 2.24) is 0 Å². The van der Waals surface area contributed by atoms with Crippen LogP contribution in [0.4, 0.5) is 0 Å². The SMILES string of the molecule is CC(C)(O)C1Cc2cc3cc(-c4ccc(O[Si](C)(C)C(C)(C)C)cc4)oc3cc2O1. The molecule has 1 aliphatic rings. The predicted octanol–water partition coefficient (Wildman–Crippen LogP) is 6.56. The second kappa shape index (κ2) is 6.89. The Balaban J connectivity index is 1.57. The first kappa shape index (κ1) is 21.0. The number of hydrogen-bond donors (Lipinski definition) is 1. The van der Waals surface area contributed by atoms with Crippen LogP contribution in [0.3, 0.4) is 0 Å². The summed E-state index contributed by atoms with van der Waals surface area (Å²) >= 11 is 0. The molecule has 1 aromatic heterocycles. The third-order valence-corrected chi connectivity index (χ3v) is 10.8. The number of furan rings is 1. The molecule has 0 amide bonds. The largest absolute Gasteiger partial charge is 0.544 e. The number of rotatable bonds is 4. The molecule has 2 heterocycles. The van der Waals surface area contributed by atoms with Crippen molar-refractivity contribution in [1.29, 1.82) is 0 Å². The van der Waals surface area contributed by atoms with E-state index in [-0.39, 0.29) is 11.1 Å². The van der Waals surface area contributed by atoms with E-state index in [1.807, 2.05) is 18.2 Å². The first-order valence-corrected chi connectivity index (χ1v) is 13.5. The van der Waals surface area contributed by atoms with Crippen molar-refractivity contribution in [2.45, 2.75) is 70.9 Å². The quantitative estimate of drug-likeness (QED) is 0.482. The maximum Gasteiger partial charge on any atom is 0.250 e. The molecule has 5 heteroatoms. The molecule has 0 spiro atoms. The van der Waals surface area contributed by atoms with Crippen molar-refractivity contribution in [3.8, 4) is 22.8 Å². The van der Waals surface area contributed by atoms with Gasteiger partial charge in [-0.3, -0.25) is 0 Å². The predicted molar refractivity (Wildman–Crippen MR) is 124 cm³/mol. The first-order chi connectivity index (χ1) is 13.8. The van der Waals surface area contributed by atoms with Gasteiger partial charge in [0.05, 0.1) is 5.60 Å². The molecular weight excluding hydrogens is 392 g/mol. The molecule has 0 radical (unpaired) electrons. The normalized spacial score (nSPS) is 17.1. The fraction of sp³-hybridized carbons (Fsp3) is 0.440. The van der Waals surface area contributed by atoms with Crippen LogP contribution in [-0.4, -0.2) is 25.1 Å². The zero-order chi connectivity index (χ0) is 21.9. The van der Waals surface area contributed by atoms with Crippen LogP contribution in [0, 0.1) is 0 Å². The summed E-state index contributed by atoms with van der Waals surface area (Å²) in [5.41, 5.74) is 2.05. The minimum atomic E-state index is -1.85. The Labute approximate surface area is 179 Å². The van der Waals surface area contributed by atoms with Crippen molar-refractivity contribution in [2.75, 3.05) is 0 Å². The Hall–Kier alpha value is -2.24. The molecule has 30 heavy (non-hydrogen) atoms. The van der Waals surface area contributed by atoms with Gasteiger partial charge >= 0.3 is 0 Å². The Morgan fingerprint density at radius 1 is 1.00 bits per heavy atom. The van der Waals surface area contributed by atoms with E-state index in [0.29, 0.717) is 6.42 Å². The Kier molecular flexibility index (Phi) is 4.82. The molecule has 0 saturated carbocycles. The summed E-state index contributed by atoms with van der Waals surface area (Å²) < 4.78 is 18.5. The molecular formula is C25H32O4Si. The maximum absolute atomic E-state index is 10.3. The van der Waals surface area contributed by atoms with Crippen LogP contribution < -0.4 is 9.16 Å². The minimum Gasteiger partial charge on any atom is -0.544 e. The van der Waals surface area contributed by atoms with Crippen molar-refractivity contribution in [2.24, 2.45) is 0 Å². The number of aliphatic hydroxyl groups is 1. The summed E-state index contributed by atoms with van der Waals surface area (Å²) in [6, 6.07) is 14.3. The van der Waals surface area contributed by atoms with E-state index in [1.165, 1.54) is 0 Å². The van der Waals surface area contributed by atoms with Gasteiger partial charge in [-0.1, -0.05) is 20.8 Å². The minimum absolute atomic E-state index is 0.164. The zero-order valence-electron chi connectivity index (χ0n) is 19.0. The van der Waals surface area contributed by atoms with E-state index < -0.39 is 13.9 Å². The Morgan fingerprint density at radius 2 is 1.67 bits per heavy atom. The van der Waals surface area contributed by atoms with Gasteiger partial charge in [-0.05, 0) is 73.9 Å². The van der Waals surface area contributed by atoms with Crippen LogP contribution in [-0.2, 0) is 6.42 Å². The molecule has 4 rings (SSSR count). The van der Waals surface area contributed by atoms with E-state index >= 15 is 0 Å². The van der Waals surface area contributed by atoms with Gasteiger partial charge in [-0.15, -0.1) is 0 Å². The Morgan fingerprint density at radius 3 is 2.27 bits per heavy atom. The summed E-state index contributed by atoms with van der Waals surface area (Å²) in [5, 5.41) is 11.5. The second-order valence-corrected chi connectivity index (χ2v) is 15.2. The lowest BCUT2D eigenvalue weighted by atomic mass is 9.97. The van der Waals surface area contributed by atoms with Gasteiger partial charge < -0.3 is 18.7 Å². The standard InChI is InChI=1S/C25H32O4Si/c1-24(2,3)30(6,7)29-19-10-8-16(9-11-19)20-13-17-12-18-14-23(25(4,5)26)28-22(18)15-21(17)27-20/h8-13,15,23,26H,14H2,1-7H3.